The smallest absolute Gasteiger partial charge is 0.230 e. The van der Waals surface area contributed by atoms with Crippen LogP contribution in [0.25, 0.3) is 0 Å². The van der Waals surface area contributed by atoms with Gasteiger partial charge in [0.1, 0.15) is 5.75 Å². The van der Waals surface area contributed by atoms with Gasteiger partial charge < -0.3 is 15.2 Å². The Morgan fingerprint density at radius 1 is 1.35 bits per heavy atom. The zero-order valence-corrected chi connectivity index (χ0v) is 13.1. The quantitative estimate of drug-likeness (QED) is 0.724. The number of carbonyl (C=O) groups excluding carboxylic acids is 1. The van der Waals surface area contributed by atoms with E-state index < -0.39 is 5.60 Å². The van der Waals surface area contributed by atoms with E-state index in [0.717, 1.165) is 10.6 Å². The Morgan fingerprint density at radius 2 is 2.00 bits per heavy atom. The Kier molecular flexibility index (Phi) is 6.88. The first-order chi connectivity index (χ1) is 9.46. The number of rotatable bonds is 8. The van der Waals surface area contributed by atoms with E-state index in [-0.39, 0.29) is 12.5 Å². The Hall–Kier alpha value is -1.20. The van der Waals surface area contributed by atoms with E-state index in [2.05, 4.69) is 5.32 Å². The maximum absolute atomic E-state index is 11.7. The second-order valence-electron chi connectivity index (χ2n) is 4.82. The lowest BCUT2D eigenvalue weighted by Crippen LogP contribution is -2.40. The van der Waals surface area contributed by atoms with Gasteiger partial charge in [-0.15, -0.1) is 11.8 Å². The summed E-state index contributed by atoms with van der Waals surface area (Å²) in [5.74, 6) is 1.10. The van der Waals surface area contributed by atoms with Crippen LogP contribution >= 0.6 is 11.8 Å². The average molecular weight is 297 g/mol. The summed E-state index contributed by atoms with van der Waals surface area (Å²) in [4.78, 5) is 12.7. The third-order valence-corrected chi connectivity index (χ3v) is 3.94. The summed E-state index contributed by atoms with van der Waals surface area (Å²) in [5, 5.41) is 12.5. The molecule has 1 atom stereocenters. The molecule has 0 fully saturated rings. The van der Waals surface area contributed by atoms with Gasteiger partial charge in [0.05, 0.1) is 18.0 Å². The van der Waals surface area contributed by atoms with E-state index in [1.165, 1.54) is 11.8 Å². The molecule has 1 aromatic rings. The molecule has 0 aromatic heterocycles. The molecule has 0 saturated carbocycles. The van der Waals surface area contributed by atoms with Crippen molar-refractivity contribution in [1.29, 1.82) is 0 Å². The van der Waals surface area contributed by atoms with E-state index in [1.54, 1.807) is 6.92 Å². The average Bonchev–Trinajstić information content (AvgIpc) is 2.45. The van der Waals surface area contributed by atoms with Crippen LogP contribution in [0.2, 0.25) is 0 Å². The van der Waals surface area contributed by atoms with Crippen molar-refractivity contribution in [2.45, 2.75) is 37.7 Å². The van der Waals surface area contributed by atoms with Crippen molar-refractivity contribution in [2.24, 2.45) is 0 Å². The monoisotopic (exact) mass is 297 g/mol. The summed E-state index contributed by atoms with van der Waals surface area (Å²) in [7, 11) is 0. The Bertz CT molecular complexity index is 418. The molecule has 20 heavy (non-hydrogen) atoms. The molecule has 2 N–H and O–H groups in total. The summed E-state index contributed by atoms with van der Waals surface area (Å²) < 4.78 is 5.36. The van der Waals surface area contributed by atoms with Gasteiger partial charge in [-0.2, -0.15) is 0 Å². The second kappa shape index (κ2) is 8.17. The molecule has 0 aliphatic carbocycles. The molecule has 1 rings (SSSR count). The zero-order chi connectivity index (χ0) is 15.0. The van der Waals surface area contributed by atoms with Gasteiger partial charge in [-0.05, 0) is 44.5 Å². The van der Waals surface area contributed by atoms with Crippen LogP contribution in [0.5, 0.6) is 5.75 Å². The molecule has 0 bridgehead atoms. The first kappa shape index (κ1) is 16.9. The molecule has 112 valence electrons. The lowest BCUT2D eigenvalue weighted by atomic mass is 10.0. The largest absolute Gasteiger partial charge is 0.494 e. The van der Waals surface area contributed by atoms with Crippen molar-refractivity contribution in [2.75, 3.05) is 18.9 Å². The number of carbonyl (C=O) groups is 1. The molecule has 4 nitrogen and oxygen atoms in total. The van der Waals surface area contributed by atoms with E-state index in [1.807, 2.05) is 38.1 Å². The van der Waals surface area contributed by atoms with Crippen LogP contribution in [0.15, 0.2) is 29.2 Å². The zero-order valence-electron chi connectivity index (χ0n) is 12.3. The lowest BCUT2D eigenvalue weighted by Gasteiger charge is -2.21. The fourth-order valence-electron chi connectivity index (χ4n) is 1.41. The fourth-order valence-corrected chi connectivity index (χ4v) is 2.14. The summed E-state index contributed by atoms with van der Waals surface area (Å²) in [6.45, 7) is 6.48. The fraction of sp³-hybridized carbons (Fsp3) is 0.533. The molecule has 5 heteroatoms. The number of hydrogen-bond donors (Lipinski definition) is 2. The van der Waals surface area contributed by atoms with E-state index >= 15 is 0 Å². The van der Waals surface area contributed by atoms with Crippen molar-refractivity contribution < 1.29 is 14.6 Å². The number of nitrogens with one attached hydrogen (secondary N) is 1. The summed E-state index contributed by atoms with van der Waals surface area (Å²) in [5.41, 5.74) is -0.834. The van der Waals surface area contributed by atoms with Gasteiger partial charge in [0.2, 0.25) is 5.91 Å². The molecule has 0 aliphatic heterocycles. The molecule has 0 heterocycles. The molecule has 0 spiro atoms. The number of amides is 1. The van der Waals surface area contributed by atoms with Gasteiger partial charge in [-0.3, -0.25) is 4.79 Å². The van der Waals surface area contributed by atoms with Gasteiger partial charge in [0.15, 0.2) is 0 Å². The minimum atomic E-state index is -0.834. The first-order valence-electron chi connectivity index (χ1n) is 6.81. The predicted octanol–water partition coefficient (Wildman–Crippen LogP) is 2.45. The second-order valence-corrected chi connectivity index (χ2v) is 5.87. The maximum atomic E-state index is 11.7. The van der Waals surface area contributed by atoms with Gasteiger partial charge in [-0.1, -0.05) is 6.92 Å². The number of aliphatic hydroxyl groups is 1. The van der Waals surface area contributed by atoms with E-state index in [9.17, 15) is 9.90 Å². The van der Waals surface area contributed by atoms with Crippen molar-refractivity contribution in [3.05, 3.63) is 24.3 Å². The molecule has 1 unspecified atom stereocenters. The third-order valence-electron chi connectivity index (χ3n) is 2.93. The Labute approximate surface area is 124 Å². The first-order valence-corrected chi connectivity index (χ1v) is 7.80. The van der Waals surface area contributed by atoms with E-state index in [0.29, 0.717) is 18.8 Å². The summed E-state index contributed by atoms with van der Waals surface area (Å²) >= 11 is 1.46. The normalized spacial score (nSPS) is 13.6. The molecular weight excluding hydrogens is 274 g/mol. The standard InChI is InChI=1S/C15H23NO3S/c1-4-15(3,18)11-16-14(17)10-20-13-8-6-12(7-9-13)19-5-2/h6-9,18H,4-5,10-11H2,1-3H3,(H,16,17). The summed E-state index contributed by atoms with van der Waals surface area (Å²) in [6, 6.07) is 7.66. The van der Waals surface area contributed by atoms with Crippen LogP contribution in [0, 0.1) is 0 Å². The lowest BCUT2D eigenvalue weighted by molar-refractivity contribution is -0.119. The molecule has 1 aromatic carbocycles. The van der Waals surface area contributed by atoms with Gasteiger partial charge >= 0.3 is 0 Å². The predicted molar refractivity (Wildman–Crippen MR) is 82.3 cm³/mol. The minimum absolute atomic E-state index is 0.0717. The number of hydrogen-bond acceptors (Lipinski definition) is 4. The van der Waals surface area contributed by atoms with Crippen LogP contribution < -0.4 is 10.1 Å². The van der Waals surface area contributed by atoms with Gasteiger partial charge in [0, 0.05) is 11.4 Å². The van der Waals surface area contributed by atoms with Crippen LogP contribution in [0.3, 0.4) is 0 Å². The highest BCUT2D eigenvalue weighted by atomic mass is 32.2. The number of ether oxygens (including phenoxy) is 1. The Morgan fingerprint density at radius 3 is 2.55 bits per heavy atom. The SMILES string of the molecule is CCOc1ccc(SCC(=O)NCC(C)(O)CC)cc1. The molecular formula is C15H23NO3S. The van der Waals surface area contributed by atoms with Crippen LogP contribution in [0.1, 0.15) is 27.2 Å². The highest BCUT2D eigenvalue weighted by molar-refractivity contribution is 8.00. The molecule has 0 saturated heterocycles. The van der Waals surface area contributed by atoms with Crippen molar-refractivity contribution in [1.82, 2.24) is 5.32 Å². The van der Waals surface area contributed by atoms with Crippen molar-refractivity contribution >= 4 is 17.7 Å². The number of benzene rings is 1. The molecule has 0 radical (unpaired) electrons. The Balaban J connectivity index is 2.33. The maximum Gasteiger partial charge on any atom is 0.230 e. The van der Waals surface area contributed by atoms with Crippen molar-refractivity contribution in [3.8, 4) is 5.75 Å². The highest BCUT2D eigenvalue weighted by Crippen LogP contribution is 2.21. The topological polar surface area (TPSA) is 58.6 Å². The van der Waals surface area contributed by atoms with Crippen LogP contribution in [-0.4, -0.2) is 35.5 Å². The highest BCUT2D eigenvalue weighted by Gasteiger charge is 2.18. The summed E-state index contributed by atoms with van der Waals surface area (Å²) in [6.07, 6.45) is 0.610. The van der Waals surface area contributed by atoms with Gasteiger partial charge in [0.25, 0.3) is 0 Å². The minimum Gasteiger partial charge on any atom is -0.494 e. The van der Waals surface area contributed by atoms with Crippen LogP contribution in [-0.2, 0) is 4.79 Å². The molecule has 0 aliphatic rings. The van der Waals surface area contributed by atoms with Crippen LogP contribution in [0.4, 0.5) is 0 Å². The number of thioether (sulfide) groups is 1. The van der Waals surface area contributed by atoms with Gasteiger partial charge in [-0.25, -0.2) is 0 Å². The molecule has 1 amide bonds. The van der Waals surface area contributed by atoms with E-state index in [4.69, 9.17) is 4.74 Å². The van der Waals surface area contributed by atoms with Crippen molar-refractivity contribution in [3.63, 3.8) is 0 Å². The third kappa shape index (κ3) is 6.30.